The fourth-order valence-electron chi connectivity index (χ4n) is 2.58. The molecule has 8 heteroatoms. The molecule has 1 heterocycles. The summed E-state index contributed by atoms with van der Waals surface area (Å²) >= 11 is 7.62. The van der Waals surface area contributed by atoms with Gasteiger partial charge in [-0.3, -0.25) is 4.79 Å². The Balaban J connectivity index is 1.77. The van der Waals surface area contributed by atoms with Gasteiger partial charge >= 0.3 is 0 Å². The monoisotopic (exact) mass is 429 g/mol. The summed E-state index contributed by atoms with van der Waals surface area (Å²) in [4.78, 5) is 21.3. The molecule has 0 unspecified atom stereocenters. The number of hydrogen-bond acceptors (Lipinski definition) is 6. The maximum atomic E-state index is 12.8. The molecule has 0 aliphatic carbocycles. The number of carbonyl (C=O) groups is 1. The molecule has 0 bridgehead atoms. The van der Waals surface area contributed by atoms with E-state index in [-0.39, 0.29) is 10.7 Å². The van der Waals surface area contributed by atoms with Gasteiger partial charge in [-0.25, -0.2) is 9.97 Å². The number of anilines is 1. The van der Waals surface area contributed by atoms with Crippen molar-refractivity contribution in [1.82, 2.24) is 9.97 Å². The van der Waals surface area contributed by atoms with Crippen molar-refractivity contribution >= 4 is 35.0 Å². The second-order valence-corrected chi connectivity index (χ2v) is 7.43. The smallest absolute Gasteiger partial charge is 0.276 e. The van der Waals surface area contributed by atoms with Crippen LogP contribution in [0.25, 0.3) is 0 Å². The summed E-state index contributed by atoms with van der Waals surface area (Å²) in [5, 5.41) is 3.43. The minimum Gasteiger partial charge on any atom is -0.497 e. The van der Waals surface area contributed by atoms with E-state index < -0.39 is 5.91 Å². The number of thioether (sulfide) groups is 1. The lowest BCUT2D eigenvalue weighted by Crippen LogP contribution is -2.15. The van der Waals surface area contributed by atoms with E-state index in [0.717, 1.165) is 0 Å². The first kappa shape index (κ1) is 21.0. The van der Waals surface area contributed by atoms with Gasteiger partial charge in [-0.05, 0) is 30.2 Å². The number of amides is 1. The van der Waals surface area contributed by atoms with Gasteiger partial charge in [0.2, 0.25) is 0 Å². The van der Waals surface area contributed by atoms with Crippen LogP contribution in [0.3, 0.4) is 0 Å². The summed E-state index contributed by atoms with van der Waals surface area (Å²) in [5.74, 6) is 1.34. The van der Waals surface area contributed by atoms with Crippen LogP contribution in [-0.4, -0.2) is 30.1 Å². The number of carbonyl (C=O) groups excluding carboxylic acids is 1. The highest BCUT2D eigenvalue weighted by atomic mass is 35.5. The fraction of sp³-hybridized carbons (Fsp3) is 0.190. The number of methoxy groups -OCH3 is 2. The molecule has 150 valence electrons. The van der Waals surface area contributed by atoms with Crippen molar-refractivity contribution in [3.05, 3.63) is 70.5 Å². The van der Waals surface area contributed by atoms with Crippen LogP contribution in [0.5, 0.6) is 11.5 Å². The molecule has 3 rings (SSSR count). The minimum absolute atomic E-state index is 0.104. The highest BCUT2D eigenvalue weighted by molar-refractivity contribution is 7.98. The van der Waals surface area contributed by atoms with E-state index in [1.165, 1.54) is 36.2 Å². The second-order valence-electron chi connectivity index (χ2n) is 6.08. The molecule has 0 spiro atoms. The fourth-order valence-corrected chi connectivity index (χ4v) is 3.65. The number of ether oxygens (including phenoxy) is 2. The van der Waals surface area contributed by atoms with Crippen LogP contribution in [-0.2, 0) is 5.75 Å². The molecule has 2 aromatic carbocycles. The van der Waals surface area contributed by atoms with E-state index in [2.05, 4.69) is 34.3 Å². The number of nitrogens with zero attached hydrogens (tertiary/aromatic N) is 2. The normalized spacial score (nSPS) is 10.5. The van der Waals surface area contributed by atoms with Crippen LogP contribution in [0.4, 0.5) is 5.69 Å². The second kappa shape index (κ2) is 9.62. The Kier molecular flexibility index (Phi) is 6.95. The first-order chi connectivity index (χ1) is 14.0. The van der Waals surface area contributed by atoms with Crippen molar-refractivity contribution in [2.45, 2.75) is 17.8 Å². The number of aromatic nitrogens is 2. The lowest BCUT2D eigenvalue weighted by atomic mass is 10.1. The average Bonchev–Trinajstić information content (AvgIpc) is 2.74. The van der Waals surface area contributed by atoms with Crippen LogP contribution >= 0.6 is 23.4 Å². The third-order valence-electron chi connectivity index (χ3n) is 4.21. The topological polar surface area (TPSA) is 73.3 Å². The molecule has 1 aromatic heterocycles. The number of benzene rings is 2. The lowest BCUT2D eigenvalue weighted by Gasteiger charge is -2.12. The van der Waals surface area contributed by atoms with Crippen LogP contribution < -0.4 is 14.8 Å². The number of halogens is 1. The Morgan fingerprint density at radius 3 is 2.69 bits per heavy atom. The largest absolute Gasteiger partial charge is 0.497 e. The molecule has 0 fully saturated rings. The van der Waals surface area contributed by atoms with Crippen molar-refractivity contribution in [1.29, 1.82) is 0 Å². The van der Waals surface area contributed by atoms with Crippen LogP contribution in [0, 0.1) is 6.92 Å². The zero-order chi connectivity index (χ0) is 20.8. The molecule has 0 saturated heterocycles. The van der Waals surface area contributed by atoms with Gasteiger partial charge in [0.1, 0.15) is 11.5 Å². The van der Waals surface area contributed by atoms with E-state index in [9.17, 15) is 4.79 Å². The Labute approximate surface area is 178 Å². The number of aryl methyl sites for hydroxylation is 1. The van der Waals surface area contributed by atoms with Crippen molar-refractivity contribution in [3.8, 4) is 11.5 Å². The molecule has 3 aromatic rings. The lowest BCUT2D eigenvalue weighted by molar-refractivity contribution is 0.102. The molecular formula is C21H20ClN3O3S. The summed E-state index contributed by atoms with van der Waals surface area (Å²) < 4.78 is 10.5. The Morgan fingerprint density at radius 1 is 1.17 bits per heavy atom. The molecule has 0 aliphatic rings. The maximum absolute atomic E-state index is 12.8. The summed E-state index contributed by atoms with van der Waals surface area (Å²) in [7, 11) is 3.08. The summed E-state index contributed by atoms with van der Waals surface area (Å²) in [6, 6.07) is 13.2. The molecule has 1 amide bonds. The molecule has 0 radical (unpaired) electrons. The van der Waals surface area contributed by atoms with Crippen molar-refractivity contribution < 1.29 is 14.3 Å². The Hall–Kier alpha value is -2.77. The molecule has 29 heavy (non-hydrogen) atoms. The Morgan fingerprint density at radius 2 is 1.97 bits per heavy atom. The quantitative estimate of drug-likeness (QED) is 0.421. The van der Waals surface area contributed by atoms with Gasteiger partial charge in [0.05, 0.1) is 31.1 Å². The van der Waals surface area contributed by atoms with E-state index in [0.29, 0.717) is 28.1 Å². The van der Waals surface area contributed by atoms with Crippen LogP contribution in [0.1, 0.15) is 21.6 Å². The van der Waals surface area contributed by atoms with Crippen molar-refractivity contribution in [2.24, 2.45) is 0 Å². The highest BCUT2D eigenvalue weighted by Gasteiger charge is 2.17. The minimum atomic E-state index is -0.446. The third-order valence-corrected chi connectivity index (χ3v) is 5.40. The average molecular weight is 430 g/mol. The van der Waals surface area contributed by atoms with E-state index in [1.54, 1.807) is 25.3 Å². The summed E-state index contributed by atoms with van der Waals surface area (Å²) in [5.41, 5.74) is 2.97. The molecule has 6 nitrogen and oxygen atoms in total. The van der Waals surface area contributed by atoms with Gasteiger partial charge in [-0.15, -0.1) is 0 Å². The zero-order valence-electron chi connectivity index (χ0n) is 16.2. The first-order valence-corrected chi connectivity index (χ1v) is 10.1. The van der Waals surface area contributed by atoms with Gasteiger partial charge in [-0.1, -0.05) is 47.6 Å². The highest BCUT2D eigenvalue weighted by Crippen LogP contribution is 2.30. The molecular weight excluding hydrogens is 410 g/mol. The first-order valence-electron chi connectivity index (χ1n) is 8.75. The number of nitrogens with one attached hydrogen (secondary N) is 1. The summed E-state index contributed by atoms with van der Waals surface area (Å²) in [6.07, 6.45) is 1.44. The predicted octanol–water partition coefficient (Wildman–Crippen LogP) is 5.00. The molecule has 0 aliphatic heterocycles. The third kappa shape index (κ3) is 5.19. The maximum Gasteiger partial charge on any atom is 0.276 e. The van der Waals surface area contributed by atoms with Crippen molar-refractivity contribution in [3.63, 3.8) is 0 Å². The SMILES string of the molecule is COc1ccc(NC(=O)c2nc(SCc3ccccc3C)ncc2Cl)c(OC)c1. The number of rotatable bonds is 7. The van der Waals surface area contributed by atoms with Gasteiger partial charge in [0.15, 0.2) is 10.9 Å². The molecule has 0 saturated carbocycles. The van der Waals surface area contributed by atoms with Crippen LogP contribution in [0.2, 0.25) is 5.02 Å². The van der Waals surface area contributed by atoms with Gasteiger partial charge in [0, 0.05) is 11.8 Å². The predicted molar refractivity (Wildman–Crippen MR) is 115 cm³/mol. The molecule has 0 atom stereocenters. The van der Waals surface area contributed by atoms with Gasteiger partial charge < -0.3 is 14.8 Å². The zero-order valence-corrected chi connectivity index (χ0v) is 17.8. The standard InChI is InChI=1S/C21H20ClN3O3S/c1-13-6-4-5-7-14(13)12-29-21-23-11-16(22)19(25-21)20(26)24-17-9-8-15(27-2)10-18(17)28-3/h4-11H,12H2,1-3H3,(H,24,26). The van der Waals surface area contributed by atoms with Crippen LogP contribution in [0.15, 0.2) is 53.8 Å². The van der Waals surface area contributed by atoms with Crippen molar-refractivity contribution in [2.75, 3.05) is 19.5 Å². The Bertz CT molecular complexity index is 1030. The molecule has 1 N–H and O–H groups in total. The van der Waals surface area contributed by atoms with E-state index >= 15 is 0 Å². The van der Waals surface area contributed by atoms with Gasteiger partial charge in [0.25, 0.3) is 5.91 Å². The van der Waals surface area contributed by atoms with E-state index in [4.69, 9.17) is 21.1 Å². The van der Waals surface area contributed by atoms with Gasteiger partial charge in [-0.2, -0.15) is 0 Å². The van der Waals surface area contributed by atoms with E-state index in [1.807, 2.05) is 12.1 Å². The number of hydrogen-bond donors (Lipinski definition) is 1. The summed E-state index contributed by atoms with van der Waals surface area (Å²) in [6.45, 7) is 2.06.